The molecule has 0 saturated heterocycles. The third-order valence-corrected chi connectivity index (χ3v) is 8.21. The van der Waals surface area contributed by atoms with E-state index in [9.17, 15) is 19.2 Å². The van der Waals surface area contributed by atoms with Crippen molar-refractivity contribution in [3.05, 3.63) is 102 Å². The number of furan rings is 1. The van der Waals surface area contributed by atoms with Crippen molar-refractivity contribution in [3.63, 3.8) is 0 Å². The highest BCUT2D eigenvalue weighted by atomic mass is 19.1. The molecule has 220 valence electrons. The summed E-state index contributed by atoms with van der Waals surface area (Å²) in [5.41, 5.74) is 2.15. The van der Waals surface area contributed by atoms with E-state index in [0.717, 1.165) is 12.8 Å². The van der Waals surface area contributed by atoms with E-state index in [0.29, 0.717) is 57.0 Å². The van der Waals surface area contributed by atoms with Gasteiger partial charge in [-0.3, -0.25) is 14.5 Å². The maximum absolute atomic E-state index is 15.2. The van der Waals surface area contributed by atoms with Crippen LogP contribution in [0.1, 0.15) is 66.1 Å². The van der Waals surface area contributed by atoms with E-state index >= 15 is 4.39 Å². The van der Waals surface area contributed by atoms with Crippen LogP contribution in [0, 0.1) is 23.1 Å². The van der Waals surface area contributed by atoms with Crippen molar-refractivity contribution >= 4 is 28.2 Å². The molecule has 3 aromatic carbocycles. The summed E-state index contributed by atoms with van der Waals surface area (Å²) >= 11 is 0. The molecule has 1 fully saturated rings. The van der Waals surface area contributed by atoms with Crippen molar-refractivity contribution in [2.45, 2.75) is 44.9 Å². The maximum Gasteiger partial charge on any atom is 0.184 e. The second kappa shape index (κ2) is 11.5. The van der Waals surface area contributed by atoms with Gasteiger partial charge in [0.25, 0.3) is 0 Å². The number of hydrogen-bond donors (Lipinski definition) is 0. The van der Waals surface area contributed by atoms with Gasteiger partial charge in [0.2, 0.25) is 0 Å². The Morgan fingerprint density at radius 3 is 2.32 bits per heavy atom. The molecule has 0 spiro atoms. The Bertz CT molecular complexity index is 1940. The predicted molar refractivity (Wildman–Crippen MR) is 162 cm³/mol. The van der Waals surface area contributed by atoms with E-state index in [2.05, 4.69) is 16.2 Å². The van der Waals surface area contributed by atoms with E-state index < -0.39 is 17.0 Å². The molecule has 0 unspecified atom stereocenters. The van der Waals surface area contributed by atoms with Gasteiger partial charge in [-0.1, -0.05) is 13.0 Å². The molecule has 1 saturated carbocycles. The third-order valence-electron chi connectivity index (χ3n) is 8.21. The number of halogens is 2. The normalized spacial score (nSPS) is 13.4. The first-order chi connectivity index (χ1) is 21.3. The average Bonchev–Trinajstić information content (AvgIpc) is 3.73. The molecular formula is C35H28F2N4O3. The summed E-state index contributed by atoms with van der Waals surface area (Å²) in [5, 5.41) is 10.5. The molecule has 0 radical (unpaired) electrons. The summed E-state index contributed by atoms with van der Waals surface area (Å²) in [6, 6.07) is 15.1. The number of ketones is 2. The number of Topliss-reactive ketones (excluding diaryl/α,β-unsaturated/α-hetero) is 2. The van der Waals surface area contributed by atoms with Crippen molar-refractivity contribution in [3.8, 4) is 28.6 Å². The van der Waals surface area contributed by atoms with Crippen molar-refractivity contribution in [2.75, 3.05) is 11.4 Å². The van der Waals surface area contributed by atoms with Crippen LogP contribution in [-0.2, 0) is 5.41 Å². The standard InChI is InChI=1S/C35H28F2N4O3/c1-3-29(42)32-26-17-24(28(41(4-2)20-38)18-31(26)44-33(32)21-6-9-23(36)10-7-21)22-8-11-27(37)25(16-22)30(43)19-35(12-13-35)34-39-14-5-15-40-34/h5-11,14-18H,3-4,12-13,19H2,1-2H3. The van der Waals surface area contributed by atoms with Crippen LogP contribution in [-0.4, -0.2) is 28.1 Å². The fraction of sp³-hybridized carbons (Fsp3) is 0.229. The Morgan fingerprint density at radius 2 is 1.68 bits per heavy atom. The fourth-order valence-corrected chi connectivity index (χ4v) is 5.65. The molecule has 0 amide bonds. The van der Waals surface area contributed by atoms with Gasteiger partial charge in [0.1, 0.15) is 28.8 Å². The quantitative estimate of drug-likeness (QED) is 0.0922. The molecule has 5 aromatic rings. The zero-order valence-electron chi connectivity index (χ0n) is 24.2. The Balaban J connectivity index is 1.50. The van der Waals surface area contributed by atoms with Gasteiger partial charge >= 0.3 is 0 Å². The van der Waals surface area contributed by atoms with Crippen LogP contribution in [0.5, 0.6) is 0 Å². The number of nitrogens with zero attached hydrogens (tertiary/aromatic N) is 4. The van der Waals surface area contributed by atoms with Gasteiger partial charge in [-0.25, -0.2) is 18.7 Å². The molecule has 7 nitrogen and oxygen atoms in total. The summed E-state index contributed by atoms with van der Waals surface area (Å²) in [4.78, 5) is 36.9. The Kier molecular flexibility index (Phi) is 7.52. The van der Waals surface area contributed by atoms with Gasteiger partial charge in [0.15, 0.2) is 17.8 Å². The Morgan fingerprint density at radius 1 is 0.977 bits per heavy atom. The second-order valence-electron chi connectivity index (χ2n) is 10.9. The van der Waals surface area contributed by atoms with Crippen LogP contribution in [0.3, 0.4) is 0 Å². The van der Waals surface area contributed by atoms with Gasteiger partial charge in [-0.2, -0.15) is 5.26 Å². The minimum absolute atomic E-state index is 0.0696. The summed E-state index contributed by atoms with van der Waals surface area (Å²) in [6.45, 7) is 3.88. The number of fused-ring (bicyclic) bond motifs is 1. The van der Waals surface area contributed by atoms with Gasteiger partial charge in [0.05, 0.1) is 16.8 Å². The summed E-state index contributed by atoms with van der Waals surface area (Å²) in [7, 11) is 0. The van der Waals surface area contributed by atoms with E-state index in [1.807, 2.05) is 6.92 Å². The van der Waals surface area contributed by atoms with Crippen LogP contribution >= 0.6 is 0 Å². The van der Waals surface area contributed by atoms with Gasteiger partial charge in [-0.15, -0.1) is 0 Å². The van der Waals surface area contributed by atoms with Crippen molar-refractivity contribution < 1.29 is 22.8 Å². The number of hydrogen-bond acceptors (Lipinski definition) is 7. The van der Waals surface area contributed by atoms with Gasteiger partial charge in [-0.05, 0) is 73.9 Å². The minimum Gasteiger partial charge on any atom is -0.455 e. The lowest BCUT2D eigenvalue weighted by Gasteiger charge is -2.19. The Hall–Kier alpha value is -5.23. The molecule has 1 aliphatic carbocycles. The second-order valence-corrected chi connectivity index (χ2v) is 10.9. The molecule has 9 heteroatoms. The van der Waals surface area contributed by atoms with E-state index in [1.165, 1.54) is 29.2 Å². The van der Waals surface area contributed by atoms with Gasteiger partial charge in [0, 0.05) is 59.8 Å². The lowest BCUT2D eigenvalue weighted by Crippen LogP contribution is -2.18. The SMILES string of the molecule is CCC(=O)c1c(-c2ccc(F)cc2)oc2cc(N(C#N)CC)c(-c3ccc(F)c(C(=O)CC4(c5ncccn5)CC4)c3)cc12. The van der Waals surface area contributed by atoms with Crippen LogP contribution in [0.25, 0.3) is 33.4 Å². The highest BCUT2D eigenvalue weighted by molar-refractivity contribution is 6.14. The fourth-order valence-electron chi connectivity index (χ4n) is 5.65. The molecule has 0 bridgehead atoms. The zero-order chi connectivity index (χ0) is 31.0. The smallest absolute Gasteiger partial charge is 0.184 e. The first-order valence-electron chi connectivity index (χ1n) is 14.5. The monoisotopic (exact) mass is 590 g/mol. The minimum atomic E-state index is -0.650. The molecule has 0 aliphatic heterocycles. The number of carbonyl (C=O) groups is 2. The largest absolute Gasteiger partial charge is 0.455 e. The average molecular weight is 591 g/mol. The zero-order valence-corrected chi connectivity index (χ0v) is 24.2. The van der Waals surface area contributed by atoms with Crippen LogP contribution in [0.2, 0.25) is 0 Å². The number of nitriles is 1. The molecule has 2 heterocycles. The van der Waals surface area contributed by atoms with Crippen molar-refractivity contribution in [2.24, 2.45) is 0 Å². The first kappa shape index (κ1) is 28.9. The van der Waals surface area contributed by atoms with Gasteiger partial charge < -0.3 is 4.42 Å². The number of anilines is 1. The molecule has 0 N–H and O–H groups in total. The predicted octanol–water partition coefficient (Wildman–Crippen LogP) is 8.04. The number of aromatic nitrogens is 2. The van der Waals surface area contributed by atoms with E-state index in [-0.39, 0.29) is 30.0 Å². The third kappa shape index (κ3) is 5.13. The number of carbonyl (C=O) groups excluding carboxylic acids is 2. The topological polar surface area (TPSA) is 100 Å². The van der Waals surface area contributed by atoms with E-state index in [1.54, 1.807) is 55.7 Å². The lowest BCUT2D eigenvalue weighted by atomic mass is 9.91. The summed E-state index contributed by atoms with van der Waals surface area (Å²) < 4.78 is 35.1. The van der Waals surface area contributed by atoms with Crippen molar-refractivity contribution in [1.82, 2.24) is 9.97 Å². The number of rotatable bonds is 10. The molecular weight excluding hydrogens is 562 g/mol. The van der Waals surface area contributed by atoms with Crippen molar-refractivity contribution in [1.29, 1.82) is 5.26 Å². The first-order valence-corrected chi connectivity index (χ1v) is 14.5. The lowest BCUT2D eigenvalue weighted by molar-refractivity contribution is 0.0962. The Labute approximate surface area is 252 Å². The summed E-state index contributed by atoms with van der Waals surface area (Å²) in [6.07, 6.45) is 7.18. The number of benzene rings is 3. The highest BCUT2D eigenvalue weighted by Crippen LogP contribution is 2.50. The van der Waals surface area contributed by atoms with Crippen LogP contribution < -0.4 is 4.90 Å². The molecule has 6 rings (SSSR count). The van der Waals surface area contributed by atoms with E-state index in [4.69, 9.17) is 4.42 Å². The van der Waals surface area contributed by atoms with Crippen LogP contribution in [0.4, 0.5) is 14.5 Å². The molecule has 1 aliphatic rings. The molecule has 44 heavy (non-hydrogen) atoms. The maximum atomic E-state index is 15.2. The van der Waals surface area contributed by atoms with Crippen LogP contribution in [0.15, 0.2) is 77.5 Å². The molecule has 0 atom stereocenters. The highest BCUT2D eigenvalue weighted by Gasteiger charge is 2.48. The summed E-state index contributed by atoms with van der Waals surface area (Å²) in [5.74, 6) is -0.743. The molecule has 2 aromatic heterocycles.